The molecule has 0 fully saturated rings. The highest BCUT2D eigenvalue weighted by atomic mass is 35.5. The lowest BCUT2D eigenvalue weighted by atomic mass is 9.94. The van der Waals surface area contributed by atoms with Crippen LogP contribution < -0.4 is 14.2 Å². The summed E-state index contributed by atoms with van der Waals surface area (Å²) >= 11 is 6.27. The molecule has 178 valence electrons. The maximum absolute atomic E-state index is 13.4. The molecule has 3 heterocycles. The zero-order valence-electron chi connectivity index (χ0n) is 19.0. The summed E-state index contributed by atoms with van der Waals surface area (Å²) in [5.74, 6) is 1.10. The highest BCUT2D eigenvalue weighted by molar-refractivity contribution is 6.31. The van der Waals surface area contributed by atoms with Gasteiger partial charge in [0.1, 0.15) is 24.1 Å². The van der Waals surface area contributed by atoms with Crippen LogP contribution in [0.3, 0.4) is 0 Å². The Kier molecular flexibility index (Phi) is 6.29. The fourth-order valence-corrected chi connectivity index (χ4v) is 4.45. The van der Waals surface area contributed by atoms with E-state index >= 15 is 0 Å². The number of rotatable bonds is 6. The first-order valence-electron chi connectivity index (χ1n) is 11.1. The van der Waals surface area contributed by atoms with E-state index in [1.165, 1.54) is 0 Å². The first-order chi connectivity index (χ1) is 17.1. The third-order valence-electron chi connectivity index (χ3n) is 5.88. The van der Waals surface area contributed by atoms with Gasteiger partial charge in [-0.05, 0) is 54.4 Å². The van der Waals surface area contributed by atoms with Gasteiger partial charge in [0.05, 0.1) is 7.11 Å². The molecule has 0 bridgehead atoms. The zero-order chi connectivity index (χ0) is 24.4. The summed E-state index contributed by atoms with van der Waals surface area (Å²) in [6.07, 6.45) is 5.12. The molecule has 0 radical (unpaired) electrons. The summed E-state index contributed by atoms with van der Waals surface area (Å²) in [6.45, 7) is 4.38. The van der Waals surface area contributed by atoms with E-state index in [4.69, 9.17) is 25.8 Å². The Morgan fingerprint density at radius 2 is 1.94 bits per heavy atom. The average molecular weight is 491 g/mol. The summed E-state index contributed by atoms with van der Waals surface area (Å²) in [4.78, 5) is 27.1. The first-order valence-corrected chi connectivity index (χ1v) is 11.4. The topological polar surface area (TPSA) is 89.6 Å². The van der Waals surface area contributed by atoms with E-state index in [0.717, 1.165) is 27.7 Å². The number of aromatic amines is 1. The predicted octanol–water partition coefficient (Wildman–Crippen LogP) is 5.33. The smallest absolute Gasteiger partial charge is 0.416 e. The van der Waals surface area contributed by atoms with Crippen LogP contribution >= 0.6 is 11.6 Å². The van der Waals surface area contributed by atoms with Crippen LogP contribution in [0.1, 0.15) is 22.9 Å². The molecule has 4 aromatic rings. The number of fused-ring (bicyclic) bond motifs is 3. The highest BCUT2D eigenvalue weighted by Crippen LogP contribution is 2.39. The Labute approximate surface area is 207 Å². The fourth-order valence-electron chi connectivity index (χ4n) is 4.28. The van der Waals surface area contributed by atoms with Crippen LogP contribution in [-0.2, 0) is 6.42 Å². The van der Waals surface area contributed by atoms with Gasteiger partial charge in [-0.2, -0.15) is 0 Å². The van der Waals surface area contributed by atoms with Crippen LogP contribution in [0.25, 0.3) is 10.9 Å². The van der Waals surface area contributed by atoms with Crippen LogP contribution in [0.4, 0.5) is 4.79 Å². The Hall–Kier alpha value is -4.04. The number of nitrogens with zero attached hydrogens (tertiary/aromatic N) is 3. The quantitative estimate of drug-likeness (QED) is 0.367. The normalized spacial score (nSPS) is 14.9. The van der Waals surface area contributed by atoms with Crippen molar-refractivity contribution in [3.63, 3.8) is 0 Å². The maximum atomic E-state index is 13.4. The number of nitrogens with one attached hydrogen (secondary N) is 1. The van der Waals surface area contributed by atoms with Crippen LogP contribution in [0.2, 0.25) is 5.02 Å². The van der Waals surface area contributed by atoms with Crippen molar-refractivity contribution in [3.8, 4) is 17.5 Å². The van der Waals surface area contributed by atoms with Crippen molar-refractivity contribution < 1.29 is 19.0 Å². The number of carbonyl (C=O) groups is 1. The third-order valence-corrected chi connectivity index (χ3v) is 6.12. The second-order valence-electron chi connectivity index (χ2n) is 8.00. The number of halogens is 1. The minimum atomic E-state index is -0.482. The van der Waals surface area contributed by atoms with E-state index in [1.807, 2.05) is 18.2 Å². The van der Waals surface area contributed by atoms with Gasteiger partial charge in [0, 0.05) is 46.1 Å². The molecule has 1 N–H and O–H groups in total. The largest absolute Gasteiger partial charge is 0.497 e. The van der Waals surface area contributed by atoms with Crippen molar-refractivity contribution in [1.82, 2.24) is 19.9 Å². The molecule has 8 nitrogen and oxygen atoms in total. The van der Waals surface area contributed by atoms with Gasteiger partial charge in [0.25, 0.3) is 0 Å². The second-order valence-corrected chi connectivity index (χ2v) is 8.43. The van der Waals surface area contributed by atoms with Crippen LogP contribution in [0.5, 0.6) is 17.5 Å². The molecule has 1 amide bonds. The van der Waals surface area contributed by atoms with Crippen molar-refractivity contribution in [2.45, 2.75) is 12.5 Å². The molecule has 0 saturated carbocycles. The lowest BCUT2D eigenvalue weighted by Crippen LogP contribution is -2.42. The van der Waals surface area contributed by atoms with E-state index in [2.05, 4.69) is 21.5 Å². The number of aromatic nitrogens is 3. The van der Waals surface area contributed by atoms with Crippen molar-refractivity contribution in [3.05, 3.63) is 89.4 Å². The number of benzene rings is 2. The molecule has 2 aromatic carbocycles. The maximum Gasteiger partial charge on any atom is 0.416 e. The fraction of sp³-hybridized carbons (Fsp3) is 0.192. The Balaban J connectivity index is 1.52. The molecule has 0 spiro atoms. The lowest BCUT2D eigenvalue weighted by Gasteiger charge is -2.35. The van der Waals surface area contributed by atoms with Gasteiger partial charge < -0.3 is 19.2 Å². The number of methoxy groups -OCH3 is 1. The molecule has 0 saturated heterocycles. The molecule has 5 rings (SSSR count). The number of ether oxygens (including phenoxy) is 3. The SMILES string of the molecule is C=CCOc1ncc(C2c3[nH]c4ccc(Cl)cc4c3CCN2C(=O)Oc2ccc(OC)cc2)cn1. The number of carbonyl (C=O) groups excluding carboxylic acids is 1. The van der Waals surface area contributed by atoms with Gasteiger partial charge in [0.2, 0.25) is 0 Å². The van der Waals surface area contributed by atoms with Crippen molar-refractivity contribution >= 4 is 28.6 Å². The summed E-state index contributed by atoms with van der Waals surface area (Å²) in [5.41, 5.74) is 3.65. The summed E-state index contributed by atoms with van der Waals surface area (Å²) in [7, 11) is 1.58. The number of amides is 1. The van der Waals surface area contributed by atoms with Crippen LogP contribution in [-0.4, -0.2) is 46.2 Å². The summed E-state index contributed by atoms with van der Waals surface area (Å²) in [6, 6.07) is 12.3. The molecular weight excluding hydrogens is 468 g/mol. The Morgan fingerprint density at radius 1 is 1.20 bits per heavy atom. The van der Waals surface area contributed by atoms with Gasteiger partial charge in [-0.15, -0.1) is 0 Å². The van der Waals surface area contributed by atoms with E-state index in [0.29, 0.717) is 36.1 Å². The Bertz CT molecular complexity index is 1370. The minimum Gasteiger partial charge on any atom is -0.497 e. The van der Waals surface area contributed by atoms with E-state index in [9.17, 15) is 4.79 Å². The molecule has 35 heavy (non-hydrogen) atoms. The van der Waals surface area contributed by atoms with E-state index < -0.39 is 12.1 Å². The van der Waals surface area contributed by atoms with Gasteiger partial charge >= 0.3 is 12.1 Å². The summed E-state index contributed by atoms with van der Waals surface area (Å²) < 4.78 is 16.3. The van der Waals surface area contributed by atoms with Gasteiger partial charge in [0.15, 0.2) is 0 Å². The monoisotopic (exact) mass is 490 g/mol. The molecular formula is C26H23ClN4O4. The van der Waals surface area contributed by atoms with Crippen molar-refractivity contribution in [2.24, 2.45) is 0 Å². The van der Waals surface area contributed by atoms with E-state index in [1.54, 1.807) is 54.7 Å². The second kappa shape index (κ2) is 9.68. The van der Waals surface area contributed by atoms with Gasteiger partial charge in [-0.1, -0.05) is 24.3 Å². The molecule has 1 aliphatic heterocycles. The predicted molar refractivity (Wildman–Crippen MR) is 132 cm³/mol. The molecule has 9 heteroatoms. The third kappa shape index (κ3) is 4.52. The van der Waals surface area contributed by atoms with Gasteiger partial charge in [-0.3, -0.25) is 4.90 Å². The standard InChI is InChI=1S/C26H23ClN4O4/c1-3-12-34-25-28-14-16(15-29-25)24-23-20(21-13-17(27)4-9-22(21)30-23)10-11-31(24)26(32)35-19-7-5-18(33-2)6-8-19/h3-9,13-15,24,30H,1,10-12H2,2H3. The number of hydrogen-bond donors (Lipinski definition) is 1. The molecule has 1 atom stereocenters. The molecule has 1 unspecified atom stereocenters. The summed E-state index contributed by atoms with van der Waals surface area (Å²) in [5, 5.41) is 1.69. The zero-order valence-corrected chi connectivity index (χ0v) is 19.8. The number of hydrogen-bond acceptors (Lipinski definition) is 6. The Morgan fingerprint density at radius 3 is 2.66 bits per heavy atom. The van der Waals surface area contributed by atoms with Crippen LogP contribution in [0, 0.1) is 0 Å². The van der Waals surface area contributed by atoms with Crippen molar-refractivity contribution in [1.29, 1.82) is 0 Å². The lowest BCUT2D eigenvalue weighted by molar-refractivity contribution is 0.135. The molecule has 0 aliphatic carbocycles. The average Bonchev–Trinajstić information content (AvgIpc) is 3.25. The number of H-pyrrole nitrogens is 1. The molecule has 2 aromatic heterocycles. The van der Waals surface area contributed by atoms with Gasteiger partial charge in [-0.25, -0.2) is 14.8 Å². The highest BCUT2D eigenvalue weighted by Gasteiger charge is 2.36. The minimum absolute atomic E-state index is 0.237. The molecule has 1 aliphatic rings. The van der Waals surface area contributed by atoms with Crippen molar-refractivity contribution in [2.75, 3.05) is 20.3 Å². The van der Waals surface area contributed by atoms with Crippen LogP contribution in [0.15, 0.2) is 67.5 Å². The first kappa shape index (κ1) is 22.7. The van der Waals surface area contributed by atoms with E-state index in [-0.39, 0.29) is 6.01 Å².